The van der Waals surface area contributed by atoms with E-state index in [0.29, 0.717) is 12.2 Å². The molecule has 0 aliphatic carbocycles. The number of benzene rings is 2. The Morgan fingerprint density at radius 3 is 2.45 bits per heavy atom. The van der Waals surface area contributed by atoms with E-state index in [1.807, 2.05) is 13.8 Å². The molecule has 1 amide bonds. The van der Waals surface area contributed by atoms with E-state index in [9.17, 15) is 22.7 Å². The molecule has 0 radical (unpaired) electrons. The lowest BCUT2D eigenvalue weighted by molar-refractivity contribution is -0.150. The van der Waals surface area contributed by atoms with Crippen molar-refractivity contribution in [2.75, 3.05) is 33.4 Å². The fraction of sp³-hybridized carbons (Fsp3) is 0.444. The van der Waals surface area contributed by atoms with Gasteiger partial charge in [0.25, 0.3) is 5.91 Å². The van der Waals surface area contributed by atoms with Gasteiger partial charge in [0.2, 0.25) is 16.3 Å². The Bertz CT molecular complexity index is 1180. The average molecular weight is 551 g/mol. The number of allylic oxidation sites excluding steroid dienone is 1. The Hall–Kier alpha value is -2.99. The third-order valence-corrected chi connectivity index (χ3v) is 8.14. The van der Waals surface area contributed by atoms with Gasteiger partial charge in [0.1, 0.15) is 11.6 Å². The number of carbonyl (C=O) groups excluding carboxylic acids is 1. The Morgan fingerprint density at radius 1 is 1.16 bits per heavy atom. The van der Waals surface area contributed by atoms with Crippen molar-refractivity contribution in [2.45, 2.75) is 38.0 Å². The molecule has 9 nitrogen and oxygen atoms in total. The van der Waals surface area contributed by atoms with Crippen molar-refractivity contribution in [3.63, 3.8) is 0 Å². The summed E-state index contributed by atoms with van der Waals surface area (Å²) >= 11 is 0. The van der Waals surface area contributed by atoms with Crippen LogP contribution in [0.3, 0.4) is 0 Å². The maximum atomic E-state index is 13.1. The summed E-state index contributed by atoms with van der Waals surface area (Å²) in [7, 11) is -2.39. The molecule has 0 saturated heterocycles. The molecule has 0 saturated carbocycles. The number of ether oxygens (including phenoxy) is 3. The molecule has 0 spiro atoms. The predicted octanol–water partition coefficient (Wildman–Crippen LogP) is 3.05. The summed E-state index contributed by atoms with van der Waals surface area (Å²) in [5, 5.41) is 12.2. The highest BCUT2D eigenvalue weighted by Crippen LogP contribution is 2.29. The lowest BCUT2D eigenvalue weighted by Crippen LogP contribution is -2.38. The van der Waals surface area contributed by atoms with Crippen LogP contribution in [0.1, 0.15) is 25.8 Å². The zero-order valence-corrected chi connectivity index (χ0v) is 22.6. The first kappa shape index (κ1) is 29.6. The SMILES string of the molecule is COc1ccc(S(=O)(=O)N(CCO)CCOC2CC(C(C)C)C=C(C(=O)NCc3ccc(F)cc3)O2)cc1. The third kappa shape index (κ3) is 8.00. The lowest BCUT2D eigenvalue weighted by Gasteiger charge is -2.31. The minimum absolute atomic E-state index is 0.00462. The molecule has 11 heteroatoms. The van der Waals surface area contributed by atoms with E-state index >= 15 is 0 Å². The molecule has 3 rings (SSSR count). The molecule has 2 atom stereocenters. The average Bonchev–Trinajstić information content (AvgIpc) is 2.91. The highest BCUT2D eigenvalue weighted by atomic mass is 32.2. The fourth-order valence-electron chi connectivity index (χ4n) is 3.93. The maximum Gasteiger partial charge on any atom is 0.286 e. The molecule has 2 aromatic rings. The Labute approximate surface area is 223 Å². The molecule has 208 valence electrons. The summed E-state index contributed by atoms with van der Waals surface area (Å²) in [4.78, 5) is 12.9. The number of hydrogen-bond donors (Lipinski definition) is 2. The number of halogens is 1. The maximum absolute atomic E-state index is 13.1. The van der Waals surface area contributed by atoms with E-state index in [4.69, 9.17) is 14.2 Å². The molecule has 0 bridgehead atoms. The second kappa shape index (κ2) is 13.7. The van der Waals surface area contributed by atoms with Gasteiger partial charge in [-0.1, -0.05) is 26.0 Å². The monoisotopic (exact) mass is 550 g/mol. The van der Waals surface area contributed by atoms with Crippen LogP contribution in [0.5, 0.6) is 5.75 Å². The summed E-state index contributed by atoms with van der Waals surface area (Å²) in [6.45, 7) is 3.79. The molecule has 0 fully saturated rings. The molecule has 1 heterocycles. The van der Waals surface area contributed by atoms with Crippen molar-refractivity contribution in [1.29, 1.82) is 0 Å². The largest absolute Gasteiger partial charge is 0.497 e. The second-order valence-corrected chi connectivity index (χ2v) is 11.1. The van der Waals surface area contributed by atoms with Crippen molar-refractivity contribution >= 4 is 15.9 Å². The number of nitrogens with zero attached hydrogens (tertiary/aromatic N) is 1. The molecule has 1 aliphatic heterocycles. The number of carbonyl (C=O) groups is 1. The number of nitrogens with one attached hydrogen (secondary N) is 1. The summed E-state index contributed by atoms with van der Waals surface area (Å²) in [6, 6.07) is 11.8. The van der Waals surface area contributed by atoms with Crippen LogP contribution >= 0.6 is 0 Å². The first-order chi connectivity index (χ1) is 18.1. The first-order valence-electron chi connectivity index (χ1n) is 12.4. The minimum atomic E-state index is -3.88. The number of sulfonamides is 1. The number of hydrogen-bond acceptors (Lipinski definition) is 7. The van der Waals surface area contributed by atoms with E-state index in [-0.39, 0.29) is 61.2 Å². The normalized spacial score (nSPS) is 17.7. The van der Waals surface area contributed by atoms with Gasteiger partial charge in [-0.15, -0.1) is 0 Å². The van der Waals surface area contributed by atoms with E-state index < -0.39 is 22.2 Å². The minimum Gasteiger partial charge on any atom is -0.497 e. The van der Waals surface area contributed by atoms with Gasteiger partial charge in [0.05, 0.1) is 25.2 Å². The number of rotatable bonds is 13. The third-order valence-electron chi connectivity index (χ3n) is 6.23. The van der Waals surface area contributed by atoms with Crippen LogP contribution in [0.15, 0.2) is 65.3 Å². The standard InChI is InChI=1S/C27H35FN2O7S/c1-19(2)21-16-25(27(32)29-18-20-4-6-22(28)7-5-20)37-26(17-21)36-15-13-30(12-14-31)38(33,34)24-10-8-23(35-3)9-11-24/h4-11,16,19,21,26,31H,12-15,17-18H2,1-3H3,(H,29,32). The van der Waals surface area contributed by atoms with Crippen molar-refractivity contribution in [2.24, 2.45) is 11.8 Å². The van der Waals surface area contributed by atoms with E-state index in [0.717, 1.165) is 9.87 Å². The summed E-state index contributed by atoms with van der Waals surface area (Å²) in [5.41, 5.74) is 0.742. The number of methoxy groups -OCH3 is 1. The van der Waals surface area contributed by atoms with Crippen LogP contribution in [0.25, 0.3) is 0 Å². The first-order valence-corrected chi connectivity index (χ1v) is 13.9. The highest BCUT2D eigenvalue weighted by molar-refractivity contribution is 7.89. The Morgan fingerprint density at radius 2 is 1.84 bits per heavy atom. The van der Waals surface area contributed by atoms with Crippen LogP contribution in [0.2, 0.25) is 0 Å². The molecule has 2 N–H and O–H groups in total. The van der Waals surface area contributed by atoms with Crippen LogP contribution < -0.4 is 10.1 Å². The number of aliphatic hydroxyl groups excluding tert-OH is 1. The molecule has 38 heavy (non-hydrogen) atoms. The van der Waals surface area contributed by atoms with Gasteiger partial charge >= 0.3 is 0 Å². The smallest absolute Gasteiger partial charge is 0.286 e. The van der Waals surface area contributed by atoms with Gasteiger partial charge in [-0.2, -0.15) is 4.31 Å². The Balaban J connectivity index is 1.61. The van der Waals surface area contributed by atoms with Crippen molar-refractivity contribution in [3.8, 4) is 5.75 Å². The quantitative estimate of drug-likeness (QED) is 0.394. The Kier molecular flexibility index (Phi) is 10.7. The van der Waals surface area contributed by atoms with Crippen LogP contribution in [-0.2, 0) is 30.8 Å². The van der Waals surface area contributed by atoms with Crippen molar-refractivity contribution < 1.29 is 36.9 Å². The molecule has 1 aliphatic rings. The van der Waals surface area contributed by atoms with Crippen LogP contribution in [0, 0.1) is 17.7 Å². The summed E-state index contributed by atoms with van der Waals surface area (Å²) < 4.78 is 57.2. The van der Waals surface area contributed by atoms with Crippen LogP contribution in [-0.4, -0.2) is 63.4 Å². The predicted molar refractivity (Wildman–Crippen MR) is 139 cm³/mol. The van der Waals surface area contributed by atoms with Gasteiger partial charge in [0, 0.05) is 26.1 Å². The van der Waals surface area contributed by atoms with Crippen molar-refractivity contribution in [1.82, 2.24) is 9.62 Å². The highest BCUT2D eigenvalue weighted by Gasteiger charge is 2.30. The summed E-state index contributed by atoms with van der Waals surface area (Å²) in [6.07, 6.45) is 1.52. The van der Waals surface area contributed by atoms with E-state index in [2.05, 4.69) is 5.32 Å². The molecule has 2 unspecified atom stereocenters. The molecular formula is C27H35FN2O7S. The lowest BCUT2D eigenvalue weighted by atomic mass is 9.90. The van der Waals surface area contributed by atoms with E-state index in [1.165, 1.54) is 31.4 Å². The zero-order valence-electron chi connectivity index (χ0n) is 21.8. The van der Waals surface area contributed by atoms with Gasteiger partial charge in [0.15, 0.2) is 5.76 Å². The molecular weight excluding hydrogens is 515 g/mol. The topological polar surface area (TPSA) is 114 Å². The van der Waals surface area contributed by atoms with Crippen molar-refractivity contribution in [3.05, 3.63) is 71.7 Å². The zero-order chi connectivity index (χ0) is 27.7. The van der Waals surface area contributed by atoms with Gasteiger partial charge < -0.3 is 24.6 Å². The molecule has 0 aromatic heterocycles. The summed E-state index contributed by atoms with van der Waals surface area (Å²) in [5.74, 6) is 0.105. The second-order valence-electron chi connectivity index (χ2n) is 9.21. The number of amides is 1. The van der Waals surface area contributed by atoms with Gasteiger partial charge in [-0.25, -0.2) is 12.8 Å². The van der Waals surface area contributed by atoms with Gasteiger partial charge in [-0.05, 0) is 59.9 Å². The van der Waals surface area contributed by atoms with E-state index in [1.54, 1.807) is 30.3 Å². The molecule has 2 aromatic carbocycles. The fourth-order valence-corrected chi connectivity index (χ4v) is 5.34. The number of aliphatic hydroxyl groups is 1. The van der Waals surface area contributed by atoms with Crippen LogP contribution in [0.4, 0.5) is 4.39 Å². The van der Waals surface area contributed by atoms with Gasteiger partial charge in [-0.3, -0.25) is 4.79 Å².